The first-order valence-electron chi connectivity index (χ1n) is 9.70. The van der Waals surface area contributed by atoms with Crippen LogP contribution in [0.15, 0.2) is 59.6 Å². The summed E-state index contributed by atoms with van der Waals surface area (Å²) < 4.78 is 34.5. The summed E-state index contributed by atoms with van der Waals surface area (Å²) in [6, 6.07) is 17.2. The van der Waals surface area contributed by atoms with Crippen molar-refractivity contribution in [3.05, 3.63) is 71.3 Å². The molecule has 0 bridgehead atoms. The van der Waals surface area contributed by atoms with E-state index in [4.69, 9.17) is 4.74 Å². The van der Waals surface area contributed by atoms with Crippen molar-refractivity contribution in [2.75, 3.05) is 13.2 Å². The zero-order chi connectivity index (χ0) is 21.1. The molecular formula is C22H28N2O4S. The number of nitrogens with zero attached hydrogens (tertiary/aromatic N) is 1. The lowest BCUT2D eigenvalue weighted by Crippen LogP contribution is -2.53. The molecule has 2 aromatic rings. The van der Waals surface area contributed by atoms with Crippen LogP contribution in [0.2, 0.25) is 0 Å². The van der Waals surface area contributed by atoms with Gasteiger partial charge in [0.2, 0.25) is 10.0 Å². The first-order valence-corrected chi connectivity index (χ1v) is 11.2. The van der Waals surface area contributed by atoms with Gasteiger partial charge in [-0.2, -0.15) is 0 Å². The molecule has 1 aliphatic rings. The SMILES string of the molecule is Cc1ccc(C2C(C)(C)OC(=NCC(CCO)c3ccccc3)NS2(=O)=O)cc1. The van der Waals surface area contributed by atoms with Crippen LogP contribution in [0.3, 0.4) is 0 Å². The van der Waals surface area contributed by atoms with Gasteiger partial charge in [-0.25, -0.2) is 18.1 Å². The van der Waals surface area contributed by atoms with Gasteiger partial charge >= 0.3 is 0 Å². The summed E-state index contributed by atoms with van der Waals surface area (Å²) in [4.78, 5) is 4.41. The number of rotatable bonds is 6. The zero-order valence-electron chi connectivity index (χ0n) is 17.0. The maximum absolute atomic E-state index is 13.0. The van der Waals surface area contributed by atoms with Crippen molar-refractivity contribution >= 4 is 16.0 Å². The highest BCUT2D eigenvalue weighted by molar-refractivity contribution is 7.90. The zero-order valence-corrected chi connectivity index (χ0v) is 17.8. The monoisotopic (exact) mass is 416 g/mol. The Balaban J connectivity index is 1.83. The molecule has 2 unspecified atom stereocenters. The van der Waals surface area contributed by atoms with E-state index in [1.807, 2.05) is 61.5 Å². The molecule has 29 heavy (non-hydrogen) atoms. The second-order valence-electron chi connectivity index (χ2n) is 7.91. The van der Waals surface area contributed by atoms with E-state index in [1.54, 1.807) is 13.8 Å². The Morgan fingerprint density at radius 1 is 1.14 bits per heavy atom. The normalized spacial score (nSPS) is 22.5. The van der Waals surface area contributed by atoms with Crippen molar-refractivity contribution in [3.63, 3.8) is 0 Å². The van der Waals surface area contributed by atoms with Crippen LogP contribution in [0.1, 0.15) is 48.1 Å². The minimum atomic E-state index is -3.73. The number of aryl methyl sites for hydroxylation is 1. The molecule has 2 atom stereocenters. The number of ether oxygens (including phenoxy) is 1. The van der Waals surface area contributed by atoms with Crippen molar-refractivity contribution in [3.8, 4) is 0 Å². The van der Waals surface area contributed by atoms with Gasteiger partial charge in [0.1, 0.15) is 10.9 Å². The van der Waals surface area contributed by atoms with Gasteiger partial charge in [0, 0.05) is 12.5 Å². The highest BCUT2D eigenvalue weighted by Gasteiger charge is 2.48. The topological polar surface area (TPSA) is 88.0 Å². The second-order valence-corrected chi connectivity index (χ2v) is 9.67. The molecule has 1 heterocycles. The number of aliphatic hydroxyl groups excluding tert-OH is 1. The number of aliphatic hydroxyl groups is 1. The lowest BCUT2D eigenvalue weighted by atomic mass is 9.96. The van der Waals surface area contributed by atoms with Crippen molar-refractivity contribution in [2.24, 2.45) is 4.99 Å². The Morgan fingerprint density at radius 2 is 1.79 bits per heavy atom. The van der Waals surface area contributed by atoms with Crippen molar-refractivity contribution in [2.45, 2.75) is 44.0 Å². The maximum atomic E-state index is 13.0. The number of aliphatic imine (C=N–C) groups is 1. The van der Waals surface area contributed by atoms with E-state index >= 15 is 0 Å². The van der Waals surface area contributed by atoms with E-state index in [0.717, 1.165) is 11.1 Å². The smallest absolute Gasteiger partial charge is 0.299 e. The molecule has 3 rings (SSSR count). The second kappa shape index (κ2) is 8.55. The largest absolute Gasteiger partial charge is 0.457 e. The number of hydrogen-bond donors (Lipinski definition) is 2. The van der Waals surface area contributed by atoms with Gasteiger partial charge in [0.05, 0.1) is 6.54 Å². The van der Waals surface area contributed by atoms with Crippen molar-refractivity contribution in [1.82, 2.24) is 4.72 Å². The van der Waals surface area contributed by atoms with Gasteiger partial charge in [-0.3, -0.25) is 0 Å². The number of nitrogens with one attached hydrogen (secondary N) is 1. The maximum Gasteiger partial charge on any atom is 0.299 e. The minimum Gasteiger partial charge on any atom is -0.457 e. The van der Waals surface area contributed by atoms with E-state index in [1.165, 1.54) is 0 Å². The summed E-state index contributed by atoms with van der Waals surface area (Å²) in [6.45, 7) is 5.81. The molecular weight excluding hydrogens is 388 g/mol. The van der Waals surface area contributed by atoms with Crippen LogP contribution >= 0.6 is 0 Å². The molecule has 1 fully saturated rings. The molecule has 6 nitrogen and oxygen atoms in total. The van der Waals surface area contributed by atoms with Crippen LogP contribution in [0.5, 0.6) is 0 Å². The summed E-state index contributed by atoms with van der Waals surface area (Å²) in [5, 5.41) is 8.54. The third-order valence-corrected chi connectivity index (χ3v) is 7.03. The van der Waals surface area contributed by atoms with Crippen LogP contribution in [-0.4, -0.2) is 38.3 Å². The summed E-state index contributed by atoms with van der Waals surface area (Å²) in [5.41, 5.74) is 1.79. The molecule has 0 saturated carbocycles. The van der Waals surface area contributed by atoms with Gasteiger partial charge in [-0.1, -0.05) is 60.2 Å². The fraction of sp³-hybridized carbons (Fsp3) is 0.409. The lowest BCUT2D eigenvalue weighted by molar-refractivity contribution is 0.0765. The summed E-state index contributed by atoms with van der Waals surface area (Å²) in [6.07, 6.45) is 0.531. The van der Waals surface area contributed by atoms with Gasteiger partial charge in [0.25, 0.3) is 6.02 Å². The highest BCUT2D eigenvalue weighted by atomic mass is 32.2. The number of sulfonamides is 1. The summed E-state index contributed by atoms with van der Waals surface area (Å²) in [5.74, 6) is -0.0280. The fourth-order valence-corrected chi connectivity index (χ4v) is 5.48. The predicted octanol–water partition coefficient (Wildman–Crippen LogP) is 3.29. The van der Waals surface area contributed by atoms with Crippen molar-refractivity contribution < 1.29 is 18.3 Å². The number of hydrogen-bond acceptors (Lipinski definition) is 5. The average Bonchev–Trinajstić information content (AvgIpc) is 2.65. The molecule has 2 N–H and O–H groups in total. The van der Waals surface area contributed by atoms with Crippen LogP contribution < -0.4 is 4.72 Å². The number of benzene rings is 2. The molecule has 0 aliphatic carbocycles. The first kappa shape index (κ1) is 21.3. The molecule has 0 spiro atoms. The summed E-state index contributed by atoms with van der Waals surface area (Å²) in [7, 11) is -3.73. The van der Waals surface area contributed by atoms with Gasteiger partial charge < -0.3 is 9.84 Å². The van der Waals surface area contributed by atoms with E-state index in [-0.39, 0.29) is 18.5 Å². The minimum absolute atomic E-state index is 0.00256. The van der Waals surface area contributed by atoms with E-state index in [0.29, 0.717) is 18.5 Å². The van der Waals surface area contributed by atoms with Crippen LogP contribution in [0.25, 0.3) is 0 Å². The van der Waals surface area contributed by atoms with E-state index in [2.05, 4.69) is 9.71 Å². The van der Waals surface area contributed by atoms with Gasteiger partial charge in [-0.15, -0.1) is 0 Å². The highest BCUT2D eigenvalue weighted by Crippen LogP contribution is 2.38. The number of amidine groups is 1. The Labute approximate surface area is 172 Å². The molecule has 7 heteroatoms. The Kier molecular flexibility index (Phi) is 6.29. The average molecular weight is 417 g/mol. The molecule has 1 saturated heterocycles. The summed E-state index contributed by atoms with van der Waals surface area (Å²) >= 11 is 0. The fourth-order valence-electron chi connectivity index (χ4n) is 3.70. The lowest BCUT2D eigenvalue weighted by Gasteiger charge is -2.39. The molecule has 0 aromatic heterocycles. The van der Waals surface area contributed by atoms with Crippen LogP contribution in [0.4, 0.5) is 0 Å². The quantitative estimate of drug-likeness (QED) is 0.756. The van der Waals surface area contributed by atoms with E-state index < -0.39 is 20.9 Å². The molecule has 0 amide bonds. The standard InChI is InChI=1S/C22H28N2O4S/c1-16-9-11-18(12-10-16)20-22(2,3)28-21(24-29(20,26)27)23-15-19(13-14-25)17-7-5-4-6-8-17/h4-12,19-20,25H,13-15H2,1-3H3,(H,23,24). The Morgan fingerprint density at radius 3 is 2.38 bits per heavy atom. The third-order valence-electron chi connectivity index (χ3n) is 5.11. The van der Waals surface area contributed by atoms with Crippen LogP contribution in [-0.2, 0) is 14.8 Å². The first-order chi connectivity index (χ1) is 13.7. The van der Waals surface area contributed by atoms with Gasteiger partial charge in [-0.05, 0) is 38.3 Å². The molecule has 0 radical (unpaired) electrons. The molecule has 1 aliphatic heterocycles. The Bertz CT molecular complexity index is 954. The predicted molar refractivity (Wildman–Crippen MR) is 114 cm³/mol. The Hall–Kier alpha value is -2.38. The third kappa shape index (κ3) is 4.97. The molecule has 2 aromatic carbocycles. The van der Waals surface area contributed by atoms with E-state index in [9.17, 15) is 13.5 Å². The van der Waals surface area contributed by atoms with Gasteiger partial charge in [0.15, 0.2) is 0 Å². The van der Waals surface area contributed by atoms with Crippen molar-refractivity contribution in [1.29, 1.82) is 0 Å². The molecule has 156 valence electrons. The van der Waals surface area contributed by atoms with Crippen LogP contribution in [0, 0.1) is 6.92 Å².